The van der Waals surface area contributed by atoms with Gasteiger partial charge >= 0.3 is 24.2 Å². The molecule has 2 atom stereocenters. The highest BCUT2D eigenvalue weighted by molar-refractivity contribution is 9.10. The number of pyridine rings is 4. The maximum Gasteiger partial charge on any atom is 0.410 e. The van der Waals surface area contributed by atoms with Crippen molar-refractivity contribution in [3.63, 3.8) is 0 Å². The summed E-state index contributed by atoms with van der Waals surface area (Å²) in [5, 5.41) is 26.4. The van der Waals surface area contributed by atoms with E-state index in [0.29, 0.717) is 38.2 Å². The summed E-state index contributed by atoms with van der Waals surface area (Å²) in [7, 11) is 0. The van der Waals surface area contributed by atoms with Crippen LogP contribution in [0.4, 0.5) is 89.3 Å². The number of nitrogens with two attached hydrogens (primary N) is 1. The highest BCUT2D eigenvalue weighted by atomic mass is 79.9. The molecule has 10 heterocycles. The third-order valence-electron chi connectivity index (χ3n) is 14.2. The van der Waals surface area contributed by atoms with Crippen LogP contribution in [0.2, 0.25) is 0 Å². The van der Waals surface area contributed by atoms with E-state index in [2.05, 4.69) is 72.5 Å². The van der Waals surface area contributed by atoms with Gasteiger partial charge < -0.3 is 61.9 Å². The second kappa shape index (κ2) is 35.9. The lowest BCUT2D eigenvalue weighted by Gasteiger charge is -2.41. The molecule has 5 aliphatic heterocycles. The molecule has 0 spiro atoms. The molecule has 102 heavy (non-hydrogen) atoms. The Bertz CT molecular complexity index is 4010. The number of nitrogens with zero attached hydrogens (tertiary/aromatic N) is 11. The van der Waals surface area contributed by atoms with E-state index in [-0.39, 0.29) is 77.4 Å². The average molecular weight is 1510 g/mol. The zero-order valence-electron chi connectivity index (χ0n) is 55.4. The number of benzene rings is 2. The predicted molar refractivity (Wildman–Crippen MR) is 353 cm³/mol. The number of rotatable bonds is 11. The summed E-state index contributed by atoms with van der Waals surface area (Å²) in [4.78, 5) is 70.0. The Kier molecular flexibility index (Phi) is 27.9. The third kappa shape index (κ3) is 24.6. The van der Waals surface area contributed by atoms with Gasteiger partial charge in [0.15, 0.2) is 40.7 Å². The molecule has 0 unspecified atom stereocenters. The number of imidazole rings is 1. The fraction of sp³-hybridized carbons (Fsp3) is 0.369. The molecule has 5 aromatic heterocycles. The normalized spacial score (nSPS) is 15.9. The van der Waals surface area contributed by atoms with Crippen molar-refractivity contribution in [2.24, 2.45) is 10.8 Å². The molecule has 4 saturated heterocycles. The van der Waals surface area contributed by atoms with Crippen molar-refractivity contribution >= 4 is 70.1 Å². The smallest absolute Gasteiger partial charge is 0.410 e. The first-order valence-corrected chi connectivity index (χ1v) is 31.8. The van der Waals surface area contributed by atoms with Crippen LogP contribution in [0.5, 0.6) is 0 Å². The number of hydrazone groups is 1. The first kappa shape index (κ1) is 79.2. The first-order valence-electron chi connectivity index (χ1n) is 31.0. The van der Waals surface area contributed by atoms with E-state index in [1.807, 2.05) is 20.8 Å². The molecule has 0 bridgehead atoms. The van der Waals surface area contributed by atoms with Crippen LogP contribution < -0.4 is 32.3 Å². The molecular formula is C65H71BrF12N18O6. The summed E-state index contributed by atoms with van der Waals surface area (Å²) < 4.78 is 167. The molecule has 8 N–H and O–H groups in total. The zero-order valence-corrected chi connectivity index (χ0v) is 57.0. The molecule has 0 radical (unpaired) electrons. The monoisotopic (exact) mass is 1510 g/mol. The van der Waals surface area contributed by atoms with E-state index in [4.69, 9.17) is 20.6 Å². The van der Waals surface area contributed by atoms with Crippen LogP contribution in [0.1, 0.15) is 77.6 Å². The van der Waals surface area contributed by atoms with E-state index < -0.39 is 111 Å². The lowest BCUT2D eigenvalue weighted by atomic mass is 10.0. The molecule has 2 aromatic carbocycles. The summed E-state index contributed by atoms with van der Waals surface area (Å²) in [6, 6.07) is 6.96. The van der Waals surface area contributed by atoms with Crippen molar-refractivity contribution in [2.75, 3.05) is 68.3 Å². The molecular weight excluding hydrogens is 1440 g/mol. The molecule has 0 aliphatic carbocycles. The second-order valence-electron chi connectivity index (χ2n) is 25.0. The molecule has 5 amide bonds. The lowest BCUT2D eigenvalue weighted by Crippen LogP contribution is -2.59. The number of hydrogen-bond donors (Lipinski definition) is 7. The van der Waals surface area contributed by atoms with Gasteiger partial charge in [-0.05, 0) is 99.1 Å². The number of amides is 5. The molecule has 4 fully saturated rings. The van der Waals surface area contributed by atoms with Crippen LogP contribution >= 0.6 is 15.9 Å². The summed E-state index contributed by atoms with van der Waals surface area (Å²) in [6.07, 6.45) is 10.4. The zero-order chi connectivity index (χ0) is 74.8. The second-order valence-corrected chi connectivity index (χ2v) is 25.7. The lowest BCUT2D eigenvalue weighted by molar-refractivity contribution is 0.00844. The number of anilines is 3. The fourth-order valence-corrected chi connectivity index (χ4v) is 9.47. The van der Waals surface area contributed by atoms with E-state index in [1.165, 1.54) is 56.4 Å². The van der Waals surface area contributed by atoms with Crippen molar-refractivity contribution in [1.82, 2.24) is 59.8 Å². The minimum Gasteiger partial charge on any atom is -0.444 e. The van der Waals surface area contributed by atoms with Crippen LogP contribution in [-0.2, 0) is 9.47 Å². The van der Waals surface area contributed by atoms with E-state index in [0.717, 1.165) is 92.6 Å². The SMILES string of the molecule is CC(C)(C)OC(=O)N1CC(N)C1.CC(C)(C)OC(=O)N1CC(Nc2ncc(F)cc2F)C1.Fc1cnc(Br)c(F)c1.Fc1cnc(NC2CNC2)c(F)c1.N=CC[C@H](NC(=O)n1ccnc1)c1cc(F)cc(F)c1.O=C(N1CC(Nc2ncc(F)cc2F)C1)N1N=CC[C@H]1c1cc(F)cc(F)c1. The van der Waals surface area contributed by atoms with Crippen molar-refractivity contribution in [3.05, 3.63) is 190 Å². The Balaban J connectivity index is 0.000000178. The number of halogens is 13. The topological polar surface area (TPSA) is 291 Å². The minimum atomic E-state index is -0.817. The van der Waals surface area contributed by atoms with Gasteiger partial charge in [0, 0.05) is 126 Å². The molecule has 0 saturated carbocycles. The van der Waals surface area contributed by atoms with Gasteiger partial charge in [-0.25, -0.2) is 102 Å². The largest absolute Gasteiger partial charge is 0.444 e. The summed E-state index contributed by atoms with van der Waals surface area (Å²) >= 11 is 2.78. The summed E-state index contributed by atoms with van der Waals surface area (Å²) in [5.41, 5.74) is 5.15. The number of likely N-dealkylation sites (tertiary alicyclic amines) is 3. The number of ether oxygens (including phenoxy) is 2. The van der Waals surface area contributed by atoms with Crippen LogP contribution in [0.15, 0.2) is 114 Å². The quantitative estimate of drug-likeness (QED) is 0.0360. The minimum absolute atomic E-state index is 0.0137. The van der Waals surface area contributed by atoms with Gasteiger partial charge in [0.25, 0.3) is 0 Å². The van der Waals surface area contributed by atoms with Crippen molar-refractivity contribution < 1.29 is 81.3 Å². The first-order chi connectivity index (χ1) is 48.1. The Hall–Kier alpha value is -10.2. The van der Waals surface area contributed by atoms with Crippen LogP contribution in [0.3, 0.4) is 0 Å². The molecule has 12 rings (SSSR count). The van der Waals surface area contributed by atoms with Crippen LogP contribution in [-0.4, -0.2) is 174 Å². The Labute approximate surface area is 585 Å². The molecule has 5 aliphatic rings. The number of aromatic nitrogens is 6. The number of carbonyl (C=O) groups excluding carboxylic acids is 4. The number of urea groups is 1. The van der Waals surface area contributed by atoms with Gasteiger partial charge in [0.1, 0.15) is 68.7 Å². The molecule has 548 valence electrons. The van der Waals surface area contributed by atoms with Gasteiger partial charge in [0.05, 0.1) is 55.0 Å². The van der Waals surface area contributed by atoms with E-state index >= 15 is 0 Å². The number of carbonyl (C=O) groups is 4. The van der Waals surface area contributed by atoms with E-state index in [9.17, 15) is 71.9 Å². The third-order valence-corrected chi connectivity index (χ3v) is 14.8. The summed E-state index contributed by atoms with van der Waals surface area (Å²) in [5.74, 6) is -8.63. The highest BCUT2D eigenvalue weighted by Gasteiger charge is 2.39. The Morgan fingerprint density at radius 2 is 1.03 bits per heavy atom. The fourth-order valence-electron chi connectivity index (χ4n) is 9.25. The number of nitrogens with one attached hydrogen (secondary N) is 6. The maximum absolute atomic E-state index is 13.6. The maximum atomic E-state index is 13.6. The van der Waals surface area contributed by atoms with E-state index in [1.54, 1.807) is 25.7 Å². The van der Waals surface area contributed by atoms with Gasteiger partial charge in [0.2, 0.25) is 0 Å². The Morgan fingerprint density at radius 3 is 1.42 bits per heavy atom. The van der Waals surface area contributed by atoms with Crippen molar-refractivity contribution in [1.29, 1.82) is 5.41 Å². The van der Waals surface area contributed by atoms with Crippen LogP contribution in [0, 0.1) is 75.2 Å². The Morgan fingerprint density at radius 1 is 0.598 bits per heavy atom. The van der Waals surface area contributed by atoms with Gasteiger partial charge in [-0.3, -0.25) is 4.57 Å². The molecule has 7 aromatic rings. The molecule has 24 nitrogen and oxygen atoms in total. The van der Waals surface area contributed by atoms with Gasteiger partial charge in [-0.2, -0.15) is 5.10 Å². The number of hydrogen-bond acceptors (Lipinski definition) is 18. The average Bonchev–Trinajstić information content (AvgIpc) is 1.51. The van der Waals surface area contributed by atoms with Crippen LogP contribution in [0.25, 0.3) is 0 Å². The van der Waals surface area contributed by atoms with Gasteiger partial charge in [-0.15, -0.1) is 0 Å². The predicted octanol–water partition coefficient (Wildman–Crippen LogP) is 11.6. The van der Waals surface area contributed by atoms with Crippen molar-refractivity contribution in [2.45, 2.75) is 102 Å². The van der Waals surface area contributed by atoms with Crippen molar-refractivity contribution in [3.8, 4) is 0 Å². The molecule has 37 heteroatoms. The summed E-state index contributed by atoms with van der Waals surface area (Å²) in [6.45, 7) is 15.1. The standard InChI is InChI=1S/C18H15F4N5O.C13H12F2N4O.C13H17F2N3O2.C8H9F2N3.C8H16N2O2.C5H2BrF2N/c19-11-3-10(4-12(20)5-11)16-1-2-24-27(16)18(28)26-8-14(9-26)25-17-15(22)6-13(21)7-23-17;14-10-5-9(6-11(15)7-10)12(1-2-16)18-13(20)19-4-3-17-8-19;1-13(2,3)20-12(19)18-6-9(7-18)17-11-10(15)4-8(14)5-16-11;9-5-1-7(10)8(12-2-5)13-6-3-11-4-6;1-8(2,3)12-7(11)10-4-6(9)5-10;6-5-4(8)1-3(7)2-9-5/h2-7,14,16H,1,8-9H2,(H,23,25);2-8,12,16H,1H2,(H,18,20);4-5,9H,6-7H2,1-3H3,(H,16,17);1-2,6,11H,3-4H2,(H,12,13);6H,4-5,9H2,1-3H3;1-2H/t16-;12-;;;;/m00..../s1. The highest BCUT2D eigenvalue weighted by Crippen LogP contribution is 2.32. The van der Waals surface area contributed by atoms with Gasteiger partial charge in [-0.1, -0.05) is 0 Å².